The van der Waals surface area contributed by atoms with Crippen molar-refractivity contribution in [3.63, 3.8) is 0 Å². The van der Waals surface area contributed by atoms with Crippen molar-refractivity contribution in [1.29, 1.82) is 0 Å². The van der Waals surface area contributed by atoms with Crippen LogP contribution in [-0.2, 0) is 20.7 Å². The Hall–Kier alpha value is -2.73. The van der Waals surface area contributed by atoms with Crippen molar-refractivity contribution in [2.45, 2.75) is 12.5 Å². The van der Waals surface area contributed by atoms with E-state index in [1.807, 2.05) is 30.3 Å². The molecule has 2 aromatic carbocycles. The quantitative estimate of drug-likeness (QED) is 0.903. The van der Waals surface area contributed by atoms with Gasteiger partial charge in [0.15, 0.2) is 0 Å². The molecule has 1 fully saturated rings. The van der Waals surface area contributed by atoms with E-state index >= 15 is 0 Å². The maximum absolute atomic E-state index is 12.9. The molecule has 3 rings (SSSR count). The number of halogens is 1. The standard InChI is InChI=1S/C19H19FN2O3/c20-15-8-6-14(7-9-15)10-18(23)21-11-17-12-22(19(24)13-25-17)16-4-2-1-3-5-16/h1-9,17H,10-13H2,(H,21,23). The Kier molecular flexibility index (Phi) is 5.40. The molecule has 1 aliphatic heterocycles. The summed E-state index contributed by atoms with van der Waals surface area (Å²) in [6, 6.07) is 15.2. The molecule has 0 bridgehead atoms. The highest BCUT2D eigenvalue weighted by Gasteiger charge is 2.27. The second-order valence-corrected chi connectivity index (χ2v) is 5.88. The molecule has 6 heteroatoms. The van der Waals surface area contributed by atoms with Crippen LogP contribution in [0.1, 0.15) is 5.56 Å². The van der Waals surface area contributed by atoms with Crippen LogP contribution in [0.5, 0.6) is 0 Å². The van der Waals surface area contributed by atoms with Gasteiger partial charge in [-0.25, -0.2) is 4.39 Å². The lowest BCUT2D eigenvalue weighted by molar-refractivity contribution is -0.129. The van der Waals surface area contributed by atoms with E-state index in [4.69, 9.17) is 4.74 Å². The molecule has 2 aromatic rings. The SMILES string of the molecule is O=C(Cc1ccc(F)cc1)NCC1CN(c2ccccc2)C(=O)CO1. The van der Waals surface area contributed by atoms with E-state index in [0.29, 0.717) is 13.1 Å². The number of ether oxygens (including phenoxy) is 1. The molecule has 1 saturated heterocycles. The Morgan fingerprint density at radius 2 is 1.88 bits per heavy atom. The monoisotopic (exact) mass is 342 g/mol. The molecule has 0 aliphatic carbocycles. The fraction of sp³-hybridized carbons (Fsp3) is 0.263. The van der Waals surface area contributed by atoms with Gasteiger partial charge in [0.1, 0.15) is 12.4 Å². The minimum Gasteiger partial charge on any atom is -0.365 e. The van der Waals surface area contributed by atoms with Crippen LogP contribution < -0.4 is 10.2 Å². The fourth-order valence-corrected chi connectivity index (χ4v) is 2.68. The summed E-state index contributed by atoms with van der Waals surface area (Å²) in [6.07, 6.45) is -0.0935. The van der Waals surface area contributed by atoms with Crippen LogP contribution in [0.25, 0.3) is 0 Å². The van der Waals surface area contributed by atoms with Gasteiger partial charge >= 0.3 is 0 Å². The number of para-hydroxylation sites is 1. The minimum atomic E-state index is -0.328. The Morgan fingerprint density at radius 3 is 2.60 bits per heavy atom. The van der Waals surface area contributed by atoms with E-state index < -0.39 is 0 Å². The molecule has 1 atom stereocenters. The van der Waals surface area contributed by atoms with Crippen LogP contribution in [0.2, 0.25) is 0 Å². The largest absolute Gasteiger partial charge is 0.365 e. The van der Waals surface area contributed by atoms with Crippen molar-refractivity contribution >= 4 is 17.5 Å². The molecular weight excluding hydrogens is 323 g/mol. The van der Waals surface area contributed by atoms with E-state index in [0.717, 1.165) is 11.3 Å². The van der Waals surface area contributed by atoms with Gasteiger partial charge in [-0.3, -0.25) is 9.59 Å². The molecule has 1 N–H and O–H groups in total. The lowest BCUT2D eigenvalue weighted by Crippen LogP contribution is -2.50. The molecule has 0 spiro atoms. The highest BCUT2D eigenvalue weighted by molar-refractivity contribution is 5.95. The van der Waals surface area contributed by atoms with Crippen molar-refractivity contribution in [3.05, 3.63) is 66.0 Å². The van der Waals surface area contributed by atoms with Gasteiger partial charge < -0.3 is 15.0 Å². The van der Waals surface area contributed by atoms with Gasteiger partial charge in [-0.2, -0.15) is 0 Å². The Balaban J connectivity index is 1.52. The summed E-state index contributed by atoms with van der Waals surface area (Å²) in [6.45, 7) is 0.698. The first kappa shape index (κ1) is 17.1. The van der Waals surface area contributed by atoms with Crippen LogP contribution in [0, 0.1) is 5.82 Å². The van der Waals surface area contributed by atoms with E-state index in [1.165, 1.54) is 12.1 Å². The third-order valence-electron chi connectivity index (χ3n) is 4.00. The molecule has 130 valence electrons. The van der Waals surface area contributed by atoms with Crippen LogP contribution in [0.15, 0.2) is 54.6 Å². The number of morpholine rings is 1. The van der Waals surface area contributed by atoms with Crippen molar-refractivity contribution < 1.29 is 18.7 Å². The van der Waals surface area contributed by atoms with E-state index in [1.54, 1.807) is 17.0 Å². The average molecular weight is 342 g/mol. The number of carbonyl (C=O) groups is 2. The molecule has 0 aromatic heterocycles. The highest BCUT2D eigenvalue weighted by atomic mass is 19.1. The number of nitrogens with one attached hydrogen (secondary N) is 1. The lowest BCUT2D eigenvalue weighted by atomic mass is 10.1. The third-order valence-corrected chi connectivity index (χ3v) is 4.00. The number of hydrogen-bond donors (Lipinski definition) is 1. The summed E-state index contributed by atoms with van der Waals surface area (Å²) in [5, 5.41) is 2.81. The smallest absolute Gasteiger partial charge is 0.253 e. The van der Waals surface area contributed by atoms with E-state index in [9.17, 15) is 14.0 Å². The maximum atomic E-state index is 12.9. The number of benzene rings is 2. The topological polar surface area (TPSA) is 58.6 Å². The van der Waals surface area contributed by atoms with Crippen LogP contribution in [-0.4, -0.2) is 37.6 Å². The van der Waals surface area contributed by atoms with Crippen LogP contribution in [0.3, 0.4) is 0 Å². The number of hydrogen-bond acceptors (Lipinski definition) is 3. The van der Waals surface area contributed by atoms with Gasteiger partial charge in [0, 0.05) is 12.2 Å². The number of nitrogens with zero attached hydrogens (tertiary/aromatic N) is 1. The number of carbonyl (C=O) groups excluding carboxylic acids is 2. The van der Waals surface area contributed by atoms with Gasteiger partial charge in [0.05, 0.1) is 19.1 Å². The zero-order valence-electron chi connectivity index (χ0n) is 13.7. The Labute approximate surface area is 145 Å². The number of rotatable bonds is 5. The second-order valence-electron chi connectivity index (χ2n) is 5.88. The lowest BCUT2D eigenvalue weighted by Gasteiger charge is -2.32. The summed E-state index contributed by atoms with van der Waals surface area (Å²) < 4.78 is 18.4. The van der Waals surface area contributed by atoms with Gasteiger partial charge in [0.2, 0.25) is 5.91 Å². The van der Waals surface area contributed by atoms with Crippen LogP contribution >= 0.6 is 0 Å². The maximum Gasteiger partial charge on any atom is 0.253 e. The summed E-state index contributed by atoms with van der Waals surface area (Å²) in [5.41, 5.74) is 1.56. The summed E-state index contributed by atoms with van der Waals surface area (Å²) in [7, 11) is 0. The van der Waals surface area contributed by atoms with Crippen molar-refractivity contribution in [2.24, 2.45) is 0 Å². The first-order chi connectivity index (χ1) is 12.1. The second kappa shape index (κ2) is 7.90. The minimum absolute atomic E-state index is 0.00655. The van der Waals surface area contributed by atoms with Gasteiger partial charge in [-0.1, -0.05) is 30.3 Å². The van der Waals surface area contributed by atoms with Crippen molar-refractivity contribution in [3.8, 4) is 0 Å². The van der Waals surface area contributed by atoms with Crippen molar-refractivity contribution in [1.82, 2.24) is 5.32 Å². The molecule has 1 unspecified atom stereocenters. The average Bonchev–Trinajstić information content (AvgIpc) is 2.64. The first-order valence-corrected chi connectivity index (χ1v) is 8.10. The van der Waals surface area contributed by atoms with E-state index in [-0.39, 0.29) is 36.8 Å². The molecular formula is C19H19FN2O3. The molecule has 5 nitrogen and oxygen atoms in total. The molecule has 0 radical (unpaired) electrons. The van der Waals surface area contributed by atoms with Gasteiger partial charge in [0.25, 0.3) is 5.91 Å². The fourth-order valence-electron chi connectivity index (χ4n) is 2.68. The summed E-state index contributed by atoms with van der Waals surface area (Å²) in [5.74, 6) is -0.594. The third kappa shape index (κ3) is 4.64. The number of amides is 2. The Morgan fingerprint density at radius 1 is 1.16 bits per heavy atom. The van der Waals surface area contributed by atoms with Crippen molar-refractivity contribution in [2.75, 3.05) is 24.6 Å². The predicted molar refractivity (Wildman–Crippen MR) is 91.6 cm³/mol. The summed E-state index contributed by atoms with van der Waals surface area (Å²) >= 11 is 0. The van der Waals surface area contributed by atoms with Crippen LogP contribution in [0.4, 0.5) is 10.1 Å². The normalized spacial score (nSPS) is 17.4. The van der Waals surface area contributed by atoms with E-state index in [2.05, 4.69) is 5.32 Å². The summed E-state index contributed by atoms with van der Waals surface area (Å²) in [4.78, 5) is 25.7. The Bertz CT molecular complexity index is 734. The first-order valence-electron chi connectivity index (χ1n) is 8.10. The number of anilines is 1. The molecule has 2 amide bonds. The predicted octanol–water partition coefficient (Wildman–Crippen LogP) is 1.92. The molecule has 25 heavy (non-hydrogen) atoms. The van der Waals surface area contributed by atoms with Gasteiger partial charge in [-0.15, -0.1) is 0 Å². The molecule has 1 heterocycles. The zero-order valence-corrected chi connectivity index (χ0v) is 13.7. The highest BCUT2D eigenvalue weighted by Crippen LogP contribution is 2.17. The molecule has 1 aliphatic rings. The zero-order chi connectivity index (χ0) is 17.6. The molecule has 0 saturated carbocycles. The van der Waals surface area contributed by atoms with Gasteiger partial charge in [-0.05, 0) is 29.8 Å².